The topological polar surface area (TPSA) is 46.2 Å². The van der Waals surface area contributed by atoms with Crippen molar-refractivity contribution in [1.82, 2.24) is 5.32 Å². The van der Waals surface area contributed by atoms with E-state index < -0.39 is 9.84 Å². The van der Waals surface area contributed by atoms with Crippen LogP contribution in [0, 0.1) is 0 Å². The van der Waals surface area contributed by atoms with Gasteiger partial charge in [-0.25, -0.2) is 8.42 Å². The molecule has 5 heteroatoms. The third-order valence-electron chi connectivity index (χ3n) is 3.80. The summed E-state index contributed by atoms with van der Waals surface area (Å²) in [5.41, 5.74) is 2.15. The predicted molar refractivity (Wildman–Crippen MR) is 81.7 cm³/mol. The number of thiophene rings is 1. The second-order valence-corrected chi connectivity index (χ2v) is 8.00. The van der Waals surface area contributed by atoms with E-state index in [0.29, 0.717) is 11.3 Å². The maximum absolute atomic E-state index is 12.1. The second-order valence-electron chi connectivity index (χ2n) is 5.14. The average Bonchev–Trinajstić information content (AvgIpc) is 2.96. The Bertz CT molecular complexity index is 692. The third kappa shape index (κ3) is 2.53. The van der Waals surface area contributed by atoms with Gasteiger partial charge in [-0.15, -0.1) is 0 Å². The van der Waals surface area contributed by atoms with Crippen LogP contribution in [0.1, 0.15) is 36.6 Å². The van der Waals surface area contributed by atoms with Crippen molar-refractivity contribution in [3.05, 3.63) is 52.2 Å². The van der Waals surface area contributed by atoms with Crippen LogP contribution < -0.4 is 5.32 Å². The Balaban J connectivity index is 1.89. The first-order valence-electron chi connectivity index (χ1n) is 6.68. The zero-order chi connectivity index (χ0) is 14.2. The van der Waals surface area contributed by atoms with Gasteiger partial charge < -0.3 is 5.32 Å². The van der Waals surface area contributed by atoms with E-state index in [1.807, 2.05) is 12.1 Å². The van der Waals surface area contributed by atoms with Crippen LogP contribution >= 0.6 is 11.3 Å². The lowest BCUT2D eigenvalue weighted by molar-refractivity contribution is 0.442. The Kier molecular flexibility index (Phi) is 3.67. The normalized spacial score (nSPS) is 22.1. The highest BCUT2D eigenvalue weighted by molar-refractivity contribution is 7.91. The molecule has 20 heavy (non-hydrogen) atoms. The smallest absolute Gasteiger partial charge is 0.178 e. The molecule has 2 atom stereocenters. The molecule has 0 bridgehead atoms. The van der Waals surface area contributed by atoms with E-state index in [1.165, 1.54) is 5.56 Å². The average molecular weight is 307 g/mol. The summed E-state index contributed by atoms with van der Waals surface area (Å²) in [6.45, 7) is 2.12. The summed E-state index contributed by atoms with van der Waals surface area (Å²) in [6, 6.07) is 9.76. The molecular formula is C15H17NO2S2. The third-order valence-corrected chi connectivity index (χ3v) is 6.32. The minimum absolute atomic E-state index is 0.102. The zero-order valence-corrected chi connectivity index (χ0v) is 12.9. The van der Waals surface area contributed by atoms with Crippen molar-refractivity contribution in [2.24, 2.45) is 0 Å². The van der Waals surface area contributed by atoms with Crippen molar-refractivity contribution in [1.29, 1.82) is 0 Å². The minimum Gasteiger partial charge on any atom is -0.303 e. The lowest BCUT2D eigenvalue weighted by Crippen LogP contribution is -2.31. The maximum atomic E-state index is 12.1. The molecule has 1 aromatic heterocycles. The first-order valence-corrected chi connectivity index (χ1v) is 9.27. The van der Waals surface area contributed by atoms with Crippen molar-refractivity contribution >= 4 is 21.2 Å². The Morgan fingerprint density at radius 1 is 1.30 bits per heavy atom. The molecule has 0 radical (unpaired) electrons. The van der Waals surface area contributed by atoms with Crippen molar-refractivity contribution in [2.75, 3.05) is 5.75 Å². The second kappa shape index (κ2) is 5.31. The van der Waals surface area contributed by atoms with Gasteiger partial charge in [0, 0.05) is 12.1 Å². The van der Waals surface area contributed by atoms with Crippen LogP contribution in [0.3, 0.4) is 0 Å². The van der Waals surface area contributed by atoms with E-state index in [9.17, 15) is 8.42 Å². The van der Waals surface area contributed by atoms with Crippen molar-refractivity contribution in [2.45, 2.75) is 30.3 Å². The Morgan fingerprint density at radius 2 is 2.10 bits per heavy atom. The fraction of sp³-hybridized carbons (Fsp3) is 0.333. The lowest BCUT2D eigenvalue weighted by Gasteiger charge is -2.29. The van der Waals surface area contributed by atoms with E-state index in [1.54, 1.807) is 23.5 Å². The molecule has 106 valence electrons. The molecule has 2 aromatic rings. The summed E-state index contributed by atoms with van der Waals surface area (Å²) >= 11 is 1.68. The van der Waals surface area contributed by atoms with Crippen LogP contribution in [0.15, 0.2) is 46.0 Å². The summed E-state index contributed by atoms with van der Waals surface area (Å²) in [5.74, 6) is 0.220. The van der Waals surface area contributed by atoms with Crippen molar-refractivity contribution < 1.29 is 8.42 Å². The van der Waals surface area contributed by atoms with Gasteiger partial charge in [0.1, 0.15) is 0 Å². The summed E-state index contributed by atoms with van der Waals surface area (Å²) in [7, 11) is -3.10. The number of sulfone groups is 1. The van der Waals surface area contributed by atoms with Crippen LogP contribution in [0.25, 0.3) is 0 Å². The monoisotopic (exact) mass is 307 g/mol. The molecule has 2 unspecified atom stereocenters. The fourth-order valence-corrected chi connectivity index (χ4v) is 5.06. The quantitative estimate of drug-likeness (QED) is 0.946. The molecule has 1 N–H and O–H groups in total. The van der Waals surface area contributed by atoms with Crippen LogP contribution in [-0.4, -0.2) is 14.2 Å². The molecule has 0 saturated heterocycles. The van der Waals surface area contributed by atoms with Gasteiger partial charge in [0.05, 0.1) is 10.6 Å². The van der Waals surface area contributed by atoms with Gasteiger partial charge in [-0.2, -0.15) is 11.3 Å². The van der Waals surface area contributed by atoms with Crippen LogP contribution in [0.5, 0.6) is 0 Å². The first-order chi connectivity index (χ1) is 9.58. The van der Waals surface area contributed by atoms with Gasteiger partial charge in [0.15, 0.2) is 9.84 Å². The van der Waals surface area contributed by atoms with Gasteiger partial charge in [-0.1, -0.05) is 18.2 Å². The van der Waals surface area contributed by atoms with E-state index in [0.717, 1.165) is 5.56 Å². The summed E-state index contributed by atoms with van der Waals surface area (Å²) in [6.07, 6.45) is 0.633. The zero-order valence-electron chi connectivity index (χ0n) is 11.2. The Labute approximate surface area is 123 Å². The summed E-state index contributed by atoms with van der Waals surface area (Å²) in [4.78, 5) is 0.487. The SMILES string of the molecule is CC(NC1CCS(=O)(=O)c2ccccc21)c1ccsc1. The molecule has 0 fully saturated rings. The Hall–Kier alpha value is -1.17. The molecule has 1 aliphatic rings. The highest BCUT2D eigenvalue weighted by Gasteiger charge is 2.30. The van der Waals surface area contributed by atoms with Crippen LogP contribution in [0.2, 0.25) is 0 Å². The van der Waals surface area contributed by atoms with Gasteiger partial charge >= 0.3 is 0 Å². The lowest BCUT2D eigenvalue weighted by atomic mass is 10.0. The number of nitrogens with one attached hydrogen (secondary N) is 1. The van der Waals surface area contributed by atoms with Crippen molar-refractivity contribution in [3.63, 3.8) is 0 Å². The minimum atomic E-state index is -3.10. The number of hydrogen-bond acceptors (Lipinski definition) is 4. The van der Waals surface area contributed by atoms with Crippen LogP contribution in [-0.2, 0) is 9.84 Å². The molecule has 0 spiro atoms. The van der Waals surface area contributed by atoms with Crippen LogP contribution in [0.4, 0.5) is 0 Å². The first kappa shape index (κ1) is 13.8. The van der Waals surface area contributed by atoms with Crippen molar-refractivity contribution in [3.8, 4) is 0 Å². The van der Waals surface area contributed by atoms with Gasteiger partial charge in [-0.3, -0.25) is 0 Å². The predicted octanol–water partition coefficient (Wildman–Crippen LogP) is 3.32. The molecule has 0 amide bonds. The van der Waals surface area contributed by atoms with Gasteiger partial charge in [-0.05, 0) is 47.4 Å². The molecule has 2 heterocycles. The van der Waals surface area contributed by atoms with E-state index in [4.69, 9.17) is 0 Å². The standard InChI is InChI=1S/C15H17NO2S2/c1-11(12-6-8-19-10-12)16-14-7-9-20(17,18)15-5-3-2-4-13(14)15/h2-6,8,10-11,14,16H,7,9H2,1H3. The van der Waals surface area contributed by atoms with E-state index in [2.05, 4.69) is 29.1 Å². The summed E-state index contributed by atoms with van der Waals surface area (Å²) in [5, 5.41) is 7.75. The molecule has 0 aliphatic carbocycles. The highest BCUT2D eigenvalue weighted by Crippen LogP contribution is 2.33. The molecule has 3 nitrogen and oxygen atoms in total. The van der Waals surface area contributed by atoms with Gasteiger partial charge in [0.2, 0.25) is 0 Å². The van der Waals surface area contributed by atoms with E-state index >= 15 is 0 Å². The maximum Gasteiger partial charge on any atom is 0.178 e. The Morgan fingerprint density at radius 3 is 2.85 bits per heavy atom. The largest absolute Gasteiger partial charge is 0.303 e. The highest BCUT2D eigenvalue weighted by atomic mass is 32.2. The number of hydrogen-bond donors (Lipinski definition) is 1. The molecule has 3 rings (SSSR count). The molecule has 1 aliphatic heterocycles. The molecular weight excluding hydrogens is 290 g/mol. The molecule has 1 aromatic carbocycles. The number of fused-ring (bicyclic) bond motifs is 1. The number of rotatable bonds is 3. The van der Waals surface area contributed by atoms with E-state index in [-0.39, 0.29) is 17.8 Å². The fourth-order valence-electron chi connectivity index (χ4n) is 2.68. The summed E-state index contributed by atoms with van der Waals surface area (Å²) < 4.78 is 24.2. The number of benzene rings is 1. The van der Waals surface area contributed by atoms with Gasteiger partial charge in [0.25, 0.3) is 0 Å². The molecule has 0 saturated carbocycles.